The van der Waals surface area contributed by atoms with Crippen molar-refractivity contribution in [2.45, 2.75) is 45.7 Å². The number of nitrogens with two attached hydrogens (primary N) is 1. The number of carbonyl (C=O) groups is 1. The fourth-order valence-corrected chi connectivity index (χ4v) is 2.63. The molecule has 0 spiro atoms. The Balaban J connectivity index is 2.64. The first-order valence-electron chi connectivity index (χ1n) is 6.83. The van der Waals surface area contributed by atoms with Crippen LogP contribution >= 0.6 is 0 Å². The van der Waals surface area contributed by atoms with Gasteiger partial charge in [-0.05, 0) is 19.3 Å². The molecule has 19 heavy (non-hydrogen) atoms. The van der Waals surface area contributed by atoms with Crippen LogP contribution in [0.25, 0.3) is 0 Å². The molecule has 0 radical (unpaired) electrons. The quantitative estimate of drug-likeness (QED) is 0.860. The zero-order chi connectivity index (χ0) is 14.7. The molecule has 1 aliphatic heterocycles. The van der Waals surface area contributed by atoms with E-state index in [1.807, 2.05) is 13.8 Å². The summed E-state index contributed by atoms with van der Waals surface area (Å²) >= 11 is 0. The lowest BCUT2D eigenvalue weighted by Gasteiger charge is -2.42. The van der Waals surface area contributed by atoms with Crippen LogP contribution in [0, 0.1) is 11.3 Å². The molecule has 6 heteroatoms. The number of rotatable bonds is 4. The summed E-state index contributed by atoms with van der Waals surface area (Å²) in [6, 6.07) is 0. The summed E-state index contributed by atoms with van der Waals surface area (Å²) < 4.78 is 39.1. The normalized spacial score (nSPS) is 21.3. The Labute approximate surface area is 112 Å². The van der Waals surface area contributed by atoms with Crippen molar-refractivity contribution < 1.29 is 18.0 Å². The summed E-state index contributed by atoms with van der Waals surface area (Å²) in [6.07, 6.45) is -2.78. The molecule has 112 valence electrons. The Morgan fingerprint density at radius 2 is 1.89 bits per heavy atom. The highest BCUT2D eigenvalue weighted by Gasteiger charge is 2.55. The van der Waals surface area contributed by atoms with E-state index in [1.54, 1.807) is 4.90 Å². The number of hydrogen-bond acceptors (Lipinski definition) is 2. The Bertz CT molecular complexity index is 310. The number of likely N-dealkylation sites (tertiary alicyclic amines) is 1. The summed E-state index contributed by atoms with van der Waals surface area (Å²) in [5, 5.41) is 0. The second kappa shape index (κ2) is 6.11. The molecule has 2 N–H and O–H groups in total. The zero-order valence-electron chi connectivity index (χ0n) is 11.6. The van der Waals surface area contributed by atoms with Gasteiger partial charge in [-0.2, -0.15) is 13.2 Å². The number of nitrogens with zero attached hydrogens (tertiary/aromatic N) is 1. The maximum Gasteiger partial charge on any atom is 0.395 e. The van der Waals surface area contributed by atoms with E-state index in [0.717, 1.165) is 12.8 Å². The van der Waals surface area contributed by atoms with Crippen molar-refractivity contribution in [3.8, 4) is 0 Å². The third-order valence-electron chi connectivity index (χ3n) is 4.17. The summed E-state index contributed by atoms with van der Waals surface area (Å²) in [5.41, 5.74) is 3.52. The van der Waals surface area contributed by atoms with Gasteiger partial charge in [0.05, 0.1) is 5.41 Å². The van der Waals surface area contributed by atoms with Gasteiger partial charge in [0.1, 0.15) is 0 Å². The van der Waals surface area contributed by atoms with Crippen LogP contribution in [0.1, 0.15) is 39.5 Å². The van der Waals surface area contributed by atoms with Crippen molar-refractivity contribution >= 4 is 5.91 Å². The first-order chi connectivity index (χ1) is 8.77. The van der Waals surface area contributed by atoms with Crippen LogP contribution in [-0.2, 0) is 4.79 Å². The Morgan fingerprint density at radius 3 is 2.26 bits per heavy atom. The zero-order valence-corrected chi connectivity index (χ0v) is 11.6. The number of piperidine rings is 1. The van der Waals surface area contributed by atoms with E-state index in [-0.39, 0.29) is 37.8 Å². The number of alkyl halides is 3. The van der Waals surface area contributed by atoms with E-state index in [0.29, 0.717) is 0 Å². The molecule has 0 aliphatic carbocycles. The predicted molar refractivity (Wildman–Crippen MR) is 67.4 cm³/mol. The molecule has 1 unspecified atom stereocenters. The van der Waals surface area contributed by atoms with E-state index >= 15 is 0 Å². The lowest BCUT2D eigenvalue weighted by Crippen LogP contribution is -2.53. The fourth-order valence-electron chi connectivity index (χ4n) is 2.63. The van der Waals surface area contributed by atoms with E-state index < -0.39 is 18.1 Å². The summed E-state index contributed by atoms with van der Waals surface area (Å²) in [4.78, 5) is 13.6. The van der Waals surface area contributed by atoms with Crippen molar-refractivity contribution in [2.24, 2.45) is 17.1 Å². The molecule has 1 aliphatic rings. The van der Waals surface area contributed by atoms with Crippen LogP contribution in [0.4, 0.5) is 13.2 Å². The van der Waals surface area contributed by atoms with Crippen molar-refractivity contribution in [3.63, 3.8) is 0 Å². The van der Waals surface area contributed by atoms with Crippen molar-refractivity contribution in [1.82, 2.24) is 4.90 Å². The summed E-state index contributed by atoms with van der Waals surface area (Å²) in [5.74, 6) is -0.143. The van der Waals surface area contributed by atoms with Gasteiger partial charge in [0.15, 0.2) is 0 Å². The van der Waals surface area contributed by atoms with Gasteiger partial charge in [-0.25, -0.2) is 0 Å². The Hall–Kier alpha value is -0.780. The predicted octanol–water partition coefficient (Wildman–Crippen LogP) is 2.55. The minimum absolute atomic E-state index is 0.0327. The monoisotopic (exact) mass is 280 g/mol. The van der Waals surface area contributed by atoms with Crippen LogP contribution < -0.4 is 5.73 Å². The molecule has 1 fully saturated rings. The maximum atomic E-state index is 13.0. The van der Waals surface area contributed by atoms with E-state index in [4.69, 9.17) is 5.73 Å². The number of halogens is 3. The molecule has 0 saturated carbocycles. The van der Waals surface area contributed by atoms with Crippen LogP contribution in [-0.4, -0.2) is 36.6 Å². The van der Waals surface area contributed by atoms with Gasteiger partial charge < -0.3 is 10.6 Å². The highest BCUT2D eigenvalue weighted by Crippen LogP contribution is 2.45. The van der Waals surface area contributed by atoms with E-state index in [1.165, 1.54) is 0 Å². The van der Waals surface area contributed by atoms with E-state index in [2.05, 4.69) is 0 Å². The second-order valence-corrected chi connectivity index (χ2v) is 5.50. The number of hydrogen-bond donors (Lipinski definition) is 1. The van der Waals surface area contributed by atoms with Crippen molar-refractivity contribution in [2.75, 3.05) is 19.6 Å². The van der Waals surface area contributed by atoms with Gasteiger partial charge in [-0.3, -0.25) is 4.79 Å². The third kappa shape index (κ3) is 3.41. The van der Waals surface area contributed by atoms with Gasteiger partial charge >= 0.3 is 6.18 Å². The molecule has 3 nitrogen and oxygen atoms in total. The number of amides is 1. The largest absolute Gasteiger partial charge is 0.395 e. The Morgan fingerprint density at radius 1 is 1.37 bits per heavy atom. The highest BCUT2D eigenvalue weighted by atomic mass is 19.4. The van der Waals surface area contributed by atoms with Gasteiger partial charge in [-0.15, -0.1) is 0 Å². The summed E-state index contributed by atoms with van der Waals surface area (Å²) in [7, 11) is 0. The minimum atomic E-state index is -4.29. The molecule has 1 amide bonds. The molecule has 0 aromatic heterocycles. The summed E-state index contributed by atoms with van der Waals surface area (Å²) in [6.45, 7) is 3.74. The molecular formula is C13H23F3N2O. The molecule has 1 atom stereocenters. The first-order valence-corrected chi connectivity index (χ1v) is 6.83. The molecule has 0 aromatic carbocycles. The van der Waals surface area contributed by atoms with E-state index in [9.17, 15) is 18.0 Å². The lowest BCUT2D eigenvalue weighted by atomic mass is 9.77. The van der Waals surface area contributed by atoms with Crippen LogP contribution in [0.2, 0.25) is 0 Å². The second-order valence-electron chi connectivity index (χ2n) is 5.50. The van der Waals surface area contributed by atoms with Gasteiger partial charge in [-0.1, -0.05) is 20.3 Å². The third-order valence-corrected chi connectivity index (χ3v) is 4.17. The van der Waals surface area contributed by atoms with Gasteiger partial charge in [0, 0.05) is 25.6 Å². The Kier molecular flexibility index (Phi) is 5.24. The van der Waals surface area contributed by atoms with Crippen molar-refractivity contribution in [3.05, 3.63) is 0 Å². The average molecular weight is 280 g/mol. The molecule has 1 rings (SSSR count). The molecule has 1 heterocycles. The average Bonchev–Trinajstić information content (AvgIpc) is 2.37. The lowest BCUT2D eigenvalue weighted by molar-refractivity contribution is -0.234. The topological polar surface area (TPSA) is 46.3 Å². The van der Waals surface area contributed by atoms with Gasteiger partial charge in [0.2, 0.25) is 5.91 Å². The van der Waals surface area contributed by atoms with Crippen LogP contribution in [0.15, 0.2) is 0 Å². The molecule has 0 aromatic rings. The molecule has 0 bridgehead atoms. The van der Waals surface area contributed by atoms with Crippen LogP contribution in [0.5, 0.6) is 0 Å². The maximum absolute atomic E-state index is 13.0. The molecular weight excluding hydrogens is 257 g/mol. The fraction of sp³-hybridized carbons (Fsp3) is 0.923. The highest BCUT2D eigenvalue weighted by molar-refractivity contribution is 5.78. The van der Waals surface area contributed by atoms with Crippen molar-refractivity contribution in [1.29, 1.82) is 0 Å². The number of carbonyl (C=O) groups excluding carboxylic acids is 1. The van der Waals surface area contributed by atoms with Crippen LogP contribution in [0.3, 0.4) is 0 Å². The van der Waals surface area contributed by atoms with Gasteiger partial charge in [0.25, 0.3) is 0 Å². The SMILES string of the molecule is CCCC(C)C(=O)N1CCC(CN)(C(F)(F)F)CC1. The minimum Gasteiger partial charge on any atom is -0.342 e. The first kappa shape index (κ1) is 16.3. The smallest absolute Gasteiger partial charge is 0.342 e. The molecule has 1 saturated heterocycles. The standard InChI is InChI=1S/C13H23F3N2O/c1-3-4-10(2)11(19)18-7-5-12(9-17,6-8-18)13(14,15)16/h10H,3-9,17H2,1-2H3.